The molecule has 3 rings (SSSR count). The highest BCUT2D eigenvalue weighted by atomic mass is 16.3. The van der Waals surface area contributed by atoms with Crippen LogP contribution < -0.4 is 10.2 Å². The lowest BCUT2D eigenvalue weighted by Crippen LogP contribution is -2.35. The van der Waals surface area contributed by atoms with E-state index in [-0.39, 0.29) is 6.10 Å². The van der Waals surface area contributed by atoms with Crippen LogP contribution in [0, 0.1) is 0 Å². The molecule has 0 amide bonds. The molecule has 0 spiro atoms. The number of nitrogens with one attached hydrogen (secondary N) is 1. The summed E-state index contributed by atoms with van der Waals surface area (Å²) in [5, 5.41) is 13.0. The summed E-state index contributed by atoms with van der Waals surface area (Å²) in [4.78, 5) is 2.38. The number of anilines is 1. The summed E-state index contributed by atoms with van der Waals surface area (Å²) < 4.78 is 0. The second kappa shape index (κ2) is 5.14. The van der Waals surface area contributed by atoms with Gasteiger partial charge < -0.3 is 15.3 Å². The number of hydrogen-bond donors (Lipinski definition) is 2. The van der Waals surface area contributed by atoms with Crippen molar-refractivity contribution in [2.75, 3.05) is 31.1 Å². The van der Waals surface area contributed by atoms with Crippen LogP contribution >= 0.6 is 0 Å². The first kappa shape index (κ1) is 12.9. The molecule has 0 aliphatic carbocycles. The Bertz CT molecular complexity index is 415. The monoisotopic (exact) mass is 260 g/mol. The van der Waals surface area contributed by atoms with Crippen LogP contribution in [-0.2, 0) is 5.41 Å². The molecule has 3 heteroatoms. The maximum Gasteiger partial charge on any atom is 0.0574 e. The molecule has 1 aromatic rings. The second-order valence-corrected chi connectivity index (χ2v) is 6.25. The van der Waals surface area contributed by atoms with Crippen molar-refractivity contribution in [1.82, 2.24) is 5.32 Å². The number of hydrogen-bond acceptors (Lipinski definition) is 3. The largest absolute Gasteiger partial charge is 0.393 e. The SMILES string of the molecule is CC1(c2ccc(N3CCC(O)CC3)cc2)CCNC1. The van der Waals surface area contributed by atoms with Crippen LogP contribution in [0.3, 0.4) is 0 Å². The van der Waals surface area contributed by atoms with E-state index in [1.807, 2.05) is 0 Å². The molecule has 2 N–H and O–H groups in total. The average molecular weight is 260 g/mol. The molecule has 3 nitrogen and oxygen atoms in total. The van der Waals surface area contributed by atoms with Crippen molar-refractivity contribution in [3.63, 3.8) is 0 Å². The van der Waals surface area contributed by atoms with Crippen molar-refractivity contribution in [2.45, 2.75) is 37.7 Å². The van der Waals surface area contributed by atoms with Crippen LogP contribution in [0.25, 0.3) is 0 Å². The Morgan fingerprint density at radius 2 is 1.89 bits per heavy atom. The zero-order valence-corrected chi connectivity index (χ0v) is 11.7. The molecule has 2 aliphatic rings. The molecule has 0 radical (unpaired) electrons. The van der Waals surface area contributed by atoms with Gasteiger partial charge in [-0.2, -0.15) is 0 Å². The Morgan fingerprint density at radius 1 is 1.21 bits per heavy atom. The normalized spacial score (nSPS) is 28.8. The van der Waals surface area contributed by atoms with Crippen LogP contribution in [0.1, 0.15) is 31.7 Å². The maximum atomic E-state index is 9.56. The van der Waals surface area contributed by atoms with Crippen LogP contribution in [0.2, 0.25) is 0 Å². The molecule has 0 bridgehead atoms. The lowest BCUT2D eigenvalue weighted by atomic mass is 9.82. The Hall–Kier alpha value is -1.06. The lowest BCUT2D eigenvalue weighted by Gasteiger charge is -2.32. The van der Waals surface area contributed by atoms with E-state index < -0.39 is 0 Å². The minimum absolute atomic E-state index is 0.0982. The summed E-state index contributed by atoms with van der Waals surface area (Å²) in [5.41, 5.74) is 3.04. The predicted molar refractivity (Wildman–Crippen MR) is 78.7 cm³/mol. The number of rotatable bonds is 2. The standard InChI is InChI=1S/C16H24N2O/c1-16(8-9-17-12-16)13-2-4-14(5-3-13)18-10-6-15(19)7-11-18/h2-5,15,17,19H,6-12H2,1H3. The summed E-state index contributed by atoms with van der Waals surface area (Å²) in [7, 11) is 0. The van der Waals surface area contributed by atoms with Crippen molar-refractivity contribution in [3.8, 4) is 0 Å². The zero-order valence-electron chi connectivity index (χ0n) is 11.7. The molecule has 19 heavy (non-hydrogen) atoms. The van der Waals surface area contributed by atoms with Gasteiger partial charge in [0.25, 0.3) is 0 Å². The molecular formula is C16H24N2O. The van der Waals surface area contributed by atoms with Gasteiger partial charge in [0.15, 0.2) is 0 Å². The van der Waals surface area contributed by atoms with Crippen LogP contribution in [0.15, 0.2) is 24.3 Å². The molecule has 1 atom stereocenters. The molecule has 0 saturated carbocycles. The van der Waals surface area contributed by atoms with Crippen molar-refractivity contribution in [3.05, 3.63) is 29.8 Å². The van der Waals surface area contributed by atoms with Gasteiger partial charge >= 0.3 is 0 Å². The smallest absolute Gasteiger partial charge is 0.0574 e. The Morgan fingerprint density at radius 3 is 2.47 bits per heavy atom. The number of piperidine rings is 1. The molecule has 1 aromatic carbocycles. The van der Waals surface area contributed by atoms with Gasteiger partial charge in [0.05, 0.1) is 6.10 Å². The van der Waals surface area contributed by atoms with Crippen LogP contribution in [-0.4, -0.2) is 37.4 Å². The van der Waals surface area contributed by atoms with Crippen molar-refractivity contribution >= 4 is 5.69 Å². The molecule has 104 valence electrons. The number of benzene rings is 1. The van der Waals surface area contributed by atoms with Gasteiger partial charge in [-0.3, -0.25) is 0 Å². The third-order valence-electron chi connectivity index (χ3n) is 4.76. The molecule has 2 aliphatic heterocycles. The van der Waals surface area contributed by atoms with E-state index in [1.54, 1.807) is 0 Å². The van der Waals surface area contributed by atoms with E-state index >= 15 is 0 Å². The van der Waals surface area contributed by atoms with Gasteiger partial charge in [0.1, 0.15) is 0 Å². The number of nitrogens with zero attached hydrogens (tertiary/aromatic N) is 1. The van der Waals surface area contributed by atoms with Crippen molar-refractivity contribution in [2.24, 2.45) is 0 Å². The van der Waals surface area contributed by atoms with E-state index in [4.69, 9.17) is 0 Å². The highest BCUT2D eigenvalue weighted by molar-refractivity contribution is 5.49. The highest BCUT2D eigenvalue weighted by Gasteiger charge is 2.30. The fraction of sp³-hybridized carbons (Fsp3) is 0.625. The molecule has 2 fully saturated rings. The minimum atomic E-state index is -0.0982. The number of aliphatic hydroxyl groups excluding tert-OH is 1. The lowest BCUT2D eigenvalue weighted by molar-refractivity contribution is 0.145. The van der Waals surface area contributed by atoms with Crippen LogP contribution in [0.4, 0.5) is 5.69 Å². The highest BCUT2D eigenvalue weighted by Crippen LogP contribution is 2.31. The third kappa shape index (κ3) is 2.63. The molecular weight excluding hydrogens is 236 g/mol. The summed E-state index contributed by atoms with van der Waals surface area (Å²) >= 11 is 0. The van der Waals surface area contributed by atoms with Crippen molar-refractivity contribution < 1.29 is 5.11 Å². The van der Waals surface area contributed by atoms with Gasteiger partial charge in [-0.1, -0.05) is 19.1 Å². The second-order valence-electron chi connectivity index (χ2n) is 6.25. The van der Waals surface area contributed by atoms with E-state index in [1.165, 1.54) is 17.7 Å². The molecule has 2 saturated heterocycles. The summed E-state index contributed by atoms with van der Waals surface area (Å²) in [6.07, 6.45) is 2.91. The van der Waals surface area contributed by atoms with Gasteiger partial charge in [-0.15, -0.1) is 0 Å². The average Bonchev–Trinajstić information content (AvgIpc) is 2.88. The van der Waals surface area contributed by atoms with Gasteiger partial charge in [0.2, 0.25) is 0 Å². The molecule has 2 heterocycles. The Kier molecular flexibility index (Phi) is 3.50. The summed E-state index contributed by atoms with van der Waals surface area (Å²) in [6, 6.07) is 9.06. The number of aliphatic hydroxyl groups is 1. The fourth-order valence-electron chi connectivity index (χ4n) is 3.26. The third-order valence-corrected chi connectivity index (χ3v) is 4.76. The van der Waals surface area contributed by atoms with E-state index in [2.05, 4.69) is 41.4 Å². The first-order valence-electron chi connectivity index (χ1n) is 7.42. The van der Waals surface area contributed by atoms with E-state index in [0.717, 1.165) is 39.0 Å². The Balaban J connectivity index is 1.72. The zero-order chi connectivity index (χ0) is 13.3. The van der Waals surface area contributed by atoms with Gasteiger partial charge in [-0.25, -0.2) is 0 Å². The maximum absolute atomic E-state index is 9.56. The minimum Gasteiger partial charge on any atom is -0.393 e. The Labute approximate surface area is 115 Å². The predicted octanol–water partition coefficient (Wildman–Crippen LogP) is 1.90. The van der Waals surface area contributed by atoms with Gasteiger partial charge in [-0.05, 0) is 43.5 Å². The van der Waals surface area contributed by atoms with Gasteiger partial charge in [0, 0.05) is 30.7 Å². The first-order valence-corrected chi connectivity index (χ1v) is 7.42. The van der Waals surface area contributed by atoms with E-state index in [0.29, 0.717) is 5.41 Å². The molecule has 1 unspecified atom stereocenters. The van der Waals surface area contributed by atoms with Crippen LogP contribution in [0.5, 0.6) is 0 Å². The van der Waals surface area contributed by atoms with Crippen molar-refractivity contribution in [1.29, 1.82) is 0 Å². The quantitative estimate of drug-likeness (QED) is 0.852. The first-order chi connectivity index (χ1) is 9.17. The van der Waals surface area contributed by atoms with E-state index in [9.17, 15) is 5.11 Å². The topological polar surface area (TPSA) is 35.5 Å². The fourth-order valence-corrected chi connectivity index (χ4v) is 3.26. The summed E-state index contributed by atoms with van der Waals surface area (Å²) in [6.45, 7) is 6.50. The summed E-state index contributed by atoms with van der Waals surface area (Å²) in [5.74, 6) is 0. The molecule has 0 aromatic heterocycles.